The van der Waals surface area contributed by atoms with Gasteiger partial charge in [-0.3, -0.25) is 38.9 Å². The van der Waals surface area contributed by atoms with Crippen molar-refractivity contribution in [1.82, 2.24) is 24.4 Å². The van der Waals surface area contributed by atoms with E-state index < -0.39 is 41.3 Å². The number of aliphatic carboxylic acids is 1. The smallest absolute Gasteiger partial charge is 0.306 e. The van der Waals surface area contributed by atoms with Crippen molar-refractivity contribution in [3.05, 3.63) is 155 Å². The van der Waals surface area contributed by atoms with Crippen LogP contribution >= 0.6 is 0 Å². The highest BCUT2D eigenvalue weighted by atomic mass is 16.6. The van der Waals surface area contributed by atoms with Crippen LogP contribution in [-0.4, -0.2) is 79.8 Å². The number of carboxylic acid groups (broad SMARTS) is 1. The van der Waals surface area contributed by atoms with E-state index in [0.717, 1.165) is 16.7 Å². The van der Waals surface area contributed by atoms with Crippen LogP contribution in [0.1, 0.15) is 35.8 Å². The number of nitrogens with zero attached hydrogens (tertiary/aromatic N) is 4. The van der Waals surface area contributed by atoms with Crippen LogP contribution in [0.4, 0.5) is 5.95 Å². The number of esters is 1. The van der Waals surface area contributed by atoms with Crippen LogP contribution in [-0.2, 0) is 29.4 Å². The van der Waals surface area contributed by atoms with E-state index in [2.05, 4.69) is 61.6 Å². The number of imidazole rings is 1. The highest BCUT2D eigenvalue weighted by molar-refractivity contribution is 5.90. The summed E-state index contributed by atoms with van der Waals surface area (Å²) in [5.41, 5.74) is 1.62. The molecule has 1 saturated heterocycles. The molecule has 280 valence electrons. The number of benzene rings is 4. The molecule has 3 N–H and O–H groups in total. The molecule has 0 bridgehead atoms. The molecule has 1 aliphatic heterocycles. The number of carbonyl (C=O) groups is 3. The van der Waals surface area contributed by atoms with Crippen molar-refractivity contribution in [3.63, 3.8) is 0 Å². The van der Waals surface area contributed by atoms with Crippen molar-refractivity contribution in [2.75, 3.05) is 31.6 Å². The lowest BCUT2D eigenvalue weighted by molar-refractivity contribution is -0.169. The molecule has 14 heteroatoms. The number of morpholine rings is 1. The Morgan fingerprint density at radius 2 is 1.42 bits per heavy atom. The molecule has 3 heterocycles. The van der Waals surface area contributed by atoms with Crippen molar-refractivity contribution in [2.45, 2.75) is 30.7 Å². The van der Waals surface area contributed by atoms with Crippen LogP contribution < -0.4 is 15.6 Å². The van der Waals surface area contributed by atoms with E-state index in [4.69, 9.17) is 19.3 Å². The van der Waals surface area contributed by atoms with Crippen molar-refractivity contribution in [3.8, 4) is 5.75 Å². The van der Waals surface area contributed by atoms with Gasteiger partial charge >= 0.3 is 11.9 Å². The highest BCUT2D eigenvalue weighted by Gasteiger charge is 2.46. The van der Waals surface area contributed by atoms with Crippen molar-refractivity contribution >= 4 is 35.0 Å². The summed E-state index contributed by atoms with van der Waals surface area (Å²) in [7, 11) is 0. The van der Waals surface area contributed by atoms with Gasteiger partial charge < -0.3 is 19.3 Å². The van der Waals surface area contributed by atoms with Crippen LogP contribution in [0.25, 0.3) is 11.2 Å². The molecule has 0 aliphatic carbocycles. The fraction of sp³-hybridized carbons (Fsp3) is 0.220. The SMILES string of the molecule is O=C(O)CCC(=O)OC[C@@H]1CN(C(c2ccccc2)(c2ccccc2)c2ccccc2)C[C@H](n2cnc3c(=O)[nH]c(NC(=O)COc4ccccc4)nc32)O1. The van der Waals surface area contributed by atoms with Crippen LogP contribution in [0.3, 0.4) is 0 Å². The normalized spacial score (nSPS) is 16.0. The predicted octanol–water partition coefficient (Wildman–Crippen LogP) is 4.74. The first-order chi connectivity index (χ1) is 26.8. The van der Waals surface area contributed by atoms with Gasteiger partial charge in [0, 0.05) is 13.1 Å². The van der Waals surface area contributed by atoms with E-state index in [1.54, 1.807) is 28.8 Å². The van der Waals surface area contributed by atoms with E-state index in [-0.39, 0.29) is 56.3 Å². The molecule has 4 aromatic carbocycles. The molecule has 0 radical (unpaired) electrons. The topological polar surface area (TPSA) is 178 Å². The van der Waals surface area contributed by atoms with Gasteiger partial charge in [0.2, 0.25) is 5.95 Å². The molecule has 7 rings (SSSR count). The van der Waals surface area contributed by atoms with Crippen LogP contribution in [0.5, 0.6) is 5.75 Å². The number of anilines is 1. The number of carboxylic acids is 1. The average molecular weight is 743 g/mol. The second-order valence-electron chi connectivity index (χ2n) is 12.9. The van der Waals surface area contributed by atoms with E-state index in [0.29, 0.717) is 5.75 Å². The Hall–Kier alpha value is -6.64. The zero-order chi connectivity index (χ0) is 38.2. The summed E-state index contributed by atoms with van der Waals surface area (Å²) in [6, 6.07) is 39.0. The number of para-hydroxylation sites is 1. The molecule has 14 nitrogen and oxygen atoms in total. The number of rotatable bonds is 14. The van der Waals surface area contributed by atoms with Crippen LogP contribution in [0.2, 0.25) is 0 Å². The maximum atomic E-state index is 13.3. The monoisotopic (exact) mass is 742 g/mol. The van der Waals surface area contributed by atoms with Gasteiger partial charge in [0.05, 0.1) is 24.7 Å². The molecule has 0 saturated carbocycles. The fourth-order valence-electron chi connectivity index (χ4n) is 6.92. The summed E-state index contributed by atoms with van der Waals surface area (Å²) in [5, 5.41) is 11.7. The Morgan fingerprint density at radius 1 is 0.836 bits per heavy atom. The first-order valence-corrected chi connectivity index (χ1v) is 17.7. The Bertz CT molecular complexity index is 2210. The highest BCUT2D eigenvalue weighted by Crippen LogP contribution is 2.44. The third kappa shape index (κ3) is 8.15. The number of fused-ring (bicyclic) bond motifs is 1. The first kappa shape index (κ1) is 36.7. The molecule has 55 heavy (non-hydrogen) atoms. The van der Waals surface area contributed by atoms with E-state index >= 15 is 0 Å². The maximum absolute atomic E-state index is 13.3. The molecule has 1 aliphatic rings. The molecule has 0 unspecified atom stereocenters. The van der Waals surface area contributed by atoms with Crippen molar-refractivity contribution in [2.24, 2.45) is 0 Å². The van der Waals surface area contributed by atoms with Gasteiger partial charge in [-0.05, 0) is 28.8 Å². The molecule has 1 amide bonds. The zero-order valence-electron chi connectivity index (χ0n) is 29.6. The number of hydrogen-bond donors (Lipinski definition) is 3. The lowest BCUT2D eigenvalue weighted by Gasteiger charge is -2.50. The number of amides is 1. The molecule has 2 atom stereocenters. The van der Waals surface area contributed by atoms with Gasteiger partial charge in [0.25, 0.3) is 11.5 Å². The summed E-state index contributed by atoms with van der Waals surface area (Å²) in [5.74, 6) is -1.92. The fourth-order valence-corrected chi connectivity index (χ4v) is 6.92. The molecule has 6 aromatic rings. The number of aromatic amines is 1. The van der Waals surface area contributed by atoms with Gasteiger partial charge in [-0.1, -0.05) is 109 Å². The molecule has 0 spiro atoms. The quantitative estimate of drug-likeness (QED) is 0.104. The lowest BCUT2D eigenvalue weighted by Crippen LogP contribution is -2.57. The third-order valence-corrected chi connectivity index (χ3v) is 9.29. The first-order valence-electron chi connectivity index (χ1n) is 17.7. The molecule has 1 fully saturated rings. The summed E-state index contributed by atoms with van der Waals surface area (Å²) in [4.78, 5) is 63.7. The minimum atomic E-state index is -1.11. The average Bonchev–Trinajstić information content (AvgIpc) is 3.65. The van der Waals surface area contributed by atoms with E-state index in [9.17, 15) is 19.2 Å². The minimum Gasteiger partial charge on any atom is -0.484 e. The predicted molar refractivity (Wildman–Crippen MR) is 201 cm³/mol. The number of carbonyl (C=O) groups excluding carboxylic acids is 2. The summed E-state index contributed by atoms with van der Waals surface area (Å²) in [6.45, 7) is 0.0296. The minimum absolute atomic E-state index is 0.0244. The second-order valence-corrected chi connectivity index (χ2v) is 12.9. The van der Waals surface area contributed by atoms with E-state index in [1.165, 1.54) is 6.33 Å². The Labute approximate surface area is 315 Å². The largest absolute Gasteiger partial charge is 0.484 e. The van der Waals surface area contributed by atoms with Crippen molar-refractivity contribution < 1.29 is 33.7 Å². The molecular weight excluding hydrogens is 704 g/mol. The zero-order valence-corrected chi connectivity index (χ0v) is 29.6. The maximum Gasteiger partial charge on any atom is 0.306 e. The van der Waals surface area contributed by atoms with Gasteiger partial charge in [-0.25, -0.2) is 4.98 Å². The van der Waals surface area contributed by atoms with Crippen LogP contribution in [0.15, 0.2) is 132 Å². The van der Waals surface area contributed by atoms with Gasteiger partial charge in [0.15, 0.2) is 17.8 Å². The third-order valence-electron chi connectivity index (χ3n) is 9.29. The van der Waals surface area contributed by atoms with Crippen molar-refractivity contribution in [1.29, 1.82) is 0 Å². The van der Waals surface area contributed by atoms with Gasteiger partial charge in [0.1, 0.15) is 24.7 Å². The lowest BCUT2D eigenvalue weighted by atomic mass is 9.75. The number of aromatic nitrogens is 4. The summed E-state index contributed by atoms with van der Waals surface area (Å²) in [6.07, 6.45) is -0.762. The van der Waals surface area contributed by atoms with E-state index in [1.807, 2.05) is 60.7 Å². The Balaban J connectivity index is 1.28. The van der Waals surface area contributed by atoms with Gasteiger partial charge in [-0.15, -0.1) is 0 Å². The summed E-state index contributed by atoms with van der Waals surface area (Å²) >= 11 is 0. The number of H-pyrrole nitrogens is 1. The molecule has 2 aromatic heterocycles. The number of nitrogens with one attached hydrogen (secondary N) is 2. The van der Waals surface area contributed by atoms with Gasteiger partial charge in [-0.2, -0.15) is 4.98 Å². The molecular formula is C41H38N6O8. The Kier molecular flexibility index (Phi) is 11.1. The number of hydrogen-bond acceptors (Lipinski definition) is 10. The Morgan fingerprint density at radius 3 is 2.00 bits per heavy atom. The summed E-state index contributed by atoms with van der Waals surface area (Å²) < 4.78 is 19.4. The standard InChI is InChI=1S/C41H38N6O8/c48-33(26-53-31-19-11-4-12-20-31)43-40-44-38-37(39(52)45-40)42-27-47(38)34-24-46(23-32(55-34)25-54-36(51)22-21-35(49)50)41(28-13-5-1-6-14-28,29-15-7-2-8-16-29)30-17-9-3-10-18-30/h1-20,27,32,34H,21-26H2,(H,49,50)(H2,43,44,45,48,52)/t32-,34+/m0/s1. The number of ether oxygens (including phenoxy) is 3. The van der Waals surface area contributed by atoms with Crippen LogP contribution in [0, 0.1) is 0 Å². The second kappa shape index (κ2) is 16.6.